The molecule has 4 heteroatoms. The van der Waals surface area contributed by atoms with Crippen LogP contribution in [0.2, 0.25) is 0 Å². The number of hydrogen-bond donors (Lipinski definition) is 0. The molecule has 0 atom stereocenters. The molecule has 1 aromatic heterocycles. The number of imidazole rings is 1. The summed E-state index contributed by atoms with van der Waals surface area (Å²) in [5.74, 6) is -0.290. The normalized spacial score (nSPS) is 10.8. The Labute approximate surface area is 96.8 Å². The first-order valence-corrected chi connectivity index (χ1v) is 5.82. The summed E-state index contributed by atoms with van der Waals surface area (Å²) < 4.78 is 9.17. The lowest BCUT2D eigenvalue weighted by molar-refractivity contribution is -0.675. The van der Waals surface area contributed by atoms with E-state index in [1.807, 2.05) is 42.4 Å². The SMILES string of the molecule is CCCCn1cc[n+](C)c1OC(=O)C(C)C. The Kier molecular flexibility index (Phi) is 4.52. The van der Waals surface area contributed by atoms with Crippen molar-refractivity contribution in [2.24, 2.45) is 13.0 Å². The van der Waals surface area contributed by atoms with Gasteiger partial charge < -0.3 is 4.74 Å². The number of ether oxygens (including phenoxy) is 1. The molecule has 0 saturated carbocycles. The molecule has 0 aromatic carbocycles. The van der Waals surface area contributed by atoms with Gasteiger partial charge >= 0.3 is 12.0 Å². The van der Waals surface area contributed by atoms with Crippen LogP contribution in [0, 0.1) is 5.92 Å². The fourth-order valence-corrected chi connectivity index (χ4v) is 1.35. The average molecular weight is 225 g/mol. The molecule has 0 aliphatic heterocycles. The zero-order valence-electron chi connectivity index (χ0n) is 10.6. The quantitative estimate of drug-likeness (QED) is 0.564. The van der Waals surface area contributed by atoms with Gasteiger partial charge in [0.05, 0.1) is 19.5 Å². The summed E-state index contributed by atoms with van der Waals surface area (Å²) in [5.41, 5.74) is 0. The average Bonchev–Trinajstić information content (AvgIpc) is 2.57. The molecular formula is C12H21N2O2+. The predicted octanol–water partition coefficient (Wildman–Crippen LogP) is 1.67. The molecule has 1 rings (SSSR count). The van der Waals surface area contributed by atoms with Crippen LogP contribution in [0.25, 0.3) is 0 Å². The maximum absolute atomic E-state index is 11.5. The maximum atomic E-state index is 11.5. The molecule has 0 N–H and O–H groups in total. The molecule has 4 nitrogen and oxygen atoms in total. The summed E-state index contributed by atoms with van der Waals surface area (Å²) in [6.45, 7) is 6.70. The Morgan fingerprint density at radius 1 is 1.56 bits per heavy atom. The number of nitrogens with zero attached hydrogens (tertiary/aromatic N) is 2. The minimum atomic E-state index is -0.188. The van der Waals surface area contributed by atoms with Gasteiger partial charge in [0.2, 0.25) is 0 Å². The second kappa shape index (κ2) is 5.68. The fourth-order valence-electron chi connectivity index (χ4n) is 1.35. The van der Waals surface area contributed by atoms with Crippen LogP contribution in [0.1, 0.15) is 33.6 Å². The first-order chi connectivity index (χ1) is 7.56. The van der Waals surface area contributed by atoms with Crippen LogP contribution in [0.15, 0.2) is 12.4 Å². The fraction of sp³-hybridized carbons (Fsp3) is 0.667. The molecule has 0 spiro atoms. The summed E-state index contributed by atoms with van der Waals surface area (Å²) in [5, 5.41) is 0. The highest BCUT2D eigenvalue weighted by Gasteiger charge is 2.21. The van der Waals surface area contributed by atoms with Crippen LogP contribution in [0.4, 0.5) is 0 Å². The van der Waals surface area contributed by atoms with Crippen LogP contribution in [0.3, 0.4) is 0 Å². The molecule has 1 heterocycles. The number of unbranched alkanes of at least 4 members (excludes halogenated alkanes) is 1. The van der Waals surface area contributed by atoms with E-state index in [1.54, 1.807) is 0 Å². The number of aryl methyl sites for hydroxylation is 2. The first kappa shape index (κ1) is 12.7. The molecule has 0 aliphatic carbocycles. The van der Waals surface area contributed by atoms with E-state index in [4.69, 9.17) is 4.74 Å². The third-order valence-corrected chi connectivity index (χ3v) is 2.43. The summed E-state index contributed by atoms with van der Waals surface area (Å²) in [4.78, 5) is 11.5. The van der Waals surface area contributed by atoms with E-state index in [0.717, 1.165) is 19.4 Å². The van der Waals surface area contributed by atoms with Crippen molar-refractivity contribution in [2.75, 3.05) is 0 Å². The summed E-state index contributed by atoms with van der Waals surface area (Å²) >= 11 is 0. The highest BCUT2D eigenvalue weighted by Crippen LogP contribution is 2.09. The van der Waals surface area contributed by atoms with Gasteiger partial charge in [0.1, 0.15) is 12.4 Å². The molecule has 0 bridgehead atoms. The standard InChI is InChI=1S/C12H21N2O2/c1-5-6-7-14-9-8-13(4)12(14)16-11(15)10(2)3/h8-10H,5-7H2,1-4H3/q+1. The van der Waals surface area contributed by atoms with Gasteiger partial charge in [-0.15, -0.1) is 0 Å². The number of hydrogen-bond acceptors (Lipinski definition) is 2. The Bertz CT molecular complexity index is 356. The molecule has 0 saturated heterocycles. The molecule has 0 fully saturated rings. The Morgan fingerprint density at radius 3 is 2.81 bits per heavy atom. The smallest absolute Gasteiger partial charge is 0.357 e. The zero-order chi connectivity index (χ0) is 12.1. The van der Waals surface area contributed by atoms with Gasteiger partial charge in [-0.25, -0.2) is 0 Å². The Balaban J connectivity index is 2.77. The highest BCUT2D eigenvalue weighted by atomic mass is 16.6. The lowest BCUT2D eigenvalue weighted by Crippen LogP contribution is -2.32. The number of rotatable bonds is 5. The van der Waals surface area contributed by atoms with Gasteiger partial charge in [0.25, 0.3) is 0 Å². The van der Waals surface area contributed by atoms with Crippen molar-refractivity contribution >= 4 is 5.97 Å². The van der Waals surface area contributed by atoms with Gasteiger partial charge in [-0.2, -0.15) is 9.13 Å². The van der Waals surface area contributed by atoms with Crippen molar-refractivity contribution in [1.29, 1.82) is 0 Å². The van der Waals surface area contributed by atoms with Crippen molar-refractivity contribution in [3.63, 3.8) is 0 Å². The van der Waals surface area contributed by atoms with Crippen molar-refractivity contribution in [3.8, 4) is 6.01 Å². The van der Waals surface area contributed by atoms with Gasteiger partial charge in [-0.3, -0.25) is 4.79 Å². The molecule has 0 aliphatic rings. The molecule has 90 valence electrons. The lowest BCUT2D eigenvalue weighted by atomic mass is 10.2. The summed E-state index contributed by atoms with van der Waals surface area (Å²) in [6.07, 6.45) is 6.05. The molecule has 1 aromatic rings. The minimum absolute atomic E-state index is 0.102. The van der Waals surface area contributed by atoms with Crippen molar-refractivity contribution in [3.05, 3.63) is 12.4 Å². The molecule has 0 amide bonds. The van der Waals surface area contributed by atoms with Crippen molar-refractivity contribution in [2.45, 2.75) is 40.2 Å². The largest absolute Gasteiger partial charge is 0.463 e. The van der Waals surface area contributed by atoms with E-state index in [9.17, 15) is 4.79 Å². The van der Waals surface area contributed by atoms with Gasteiger partial charge in [-0.05, 0) is 6.42 Å². The topological polar surface area (TPSA) is 35.1 Å². The predicted molar refractivity (Wildman–Crippen MR) is 61.0 cm³/mol. The van der Waals surface area contributed by atoms with E-state index in [0.29, 0.717) is 6.01 Å². The molecular weight excluding hydrogens is 204 g/mol. The zero-order valence-corrected chi connectivity index (χ0v) is 10.6. The number of carbonyl (C=O) groups is 1. The van der Waals surface area contributed by atoms with Crippen LogP contribution in [-0.2, 0) is 18.4 Å². The van der Waals surface area contributed by atoms with E-state index < -0.39 is 0 Å². The first-order valence-electron chi connectivity index (χ1n) is 5.82. The monoisotopic (exact) mass is 225 g/mol. The van der Waals surface area contributed by atoms with E-state index >= 15 is 0 Å². The van der Waals surface area contributed by atoms with Gasteiger partial charge in [0, 0.05) is 0 Å². The van der Waals surface area contributed by atoms with Crippen LogP contribution in [0.5, 0.6) is 6.01 Å². The number of carbonyl (C=O) groups excluding carboxylic acids is 1. The van der Waals surface area contributed by atoms with E-state index in [2.05, 4.69) is 6.92 Å². The van der Waals surface area contributed by atoms with Crippen molar-refractivity contribution in [1.82, 2.24) is 4.57 Å². The van der Waals surface area contributed by atoms with Crippen LogP contribution < -0.4 is 9.30 Å². The minimum Gasteiger partial charge on any atom is -0.357 e. The highest BCUT2D eigenvalue weighted by molar-refractivity contribution is 5.73. The maximum Gasteiger partial charge on any atom is 0.463 e. The second-order valence-corrected chi connectivity index (χ2v) is 4.31. The van der Waals surface area contributed by atoms with Crippen LogP contribution in [-0.4, -0.2) is 10.5 Å². The summed E-state index contributed by atoms with van der Waals surface area (Å²) in [6, 6.07) is 0.618. The number of aromatic nitrogens is 2. The lowest BCUT2D eigenvalue weighted by Gasteiger charge is -2.04. The Morgan fingerprint density at radius 2 is 2.25 bits per heavy atom. The van der Waals surface area contributed by atoms with Gasteiger partial charge in [0.15, 0.2) is 0 Å². The van der Waals surface area contributed by atoms with E-state index in [1.165, 1.54) is 0 Å². The third-order valence-electron chi connectivity index (χ3n) is 2.43. The van der Waals surface area contributed by atoms with Gasteiger partial charge in [-0.1, -0.05) is 27.2 Å². The summed E-state index contributed by atoms with van der Waals surface area (Å²) in [7, 11) is 1.88. The van der Waals surface area contributed by atoms with Crippen molar-refractivity contribution < 1.29 is 14.1 Å². The molecule has 16 heavy (non-hydrogen) atoms. The van der Waals surface area contributed by atoms with Crippen LogP contribution >= 0.6 is 0 Å². The molecule has 0 unspecified atom stereocenters. The number of esters is 1. The second-order valence-electron chi connectivity index (χ2n) is 4.31. The molecule has 0 radical (unpaired) electrons. The van der Waals surface area contributed by atoms with E-state index in [-0.39, 0.29) is 11.9 Å². The Hall–Kier alpha value is -1.32. The third kappa shape index (κ3) is 3.08.